The Bertz CT molecular complexity index is 103. The van der Waals surface area contributed by atoms with Gasteiger partial charge in [-0.15, -0.1) is 0 Å². The quantitative estimate of drug-likeness (QED) is 0.382. The normalized spacial score (nSPS) is 29.4. The predicted molar refractivity (Wildman–Crippen MR) is 34.0 cm³/mol. The molecular weight excluding hydrogens is 101 g/mol. The van der Waals surface area contributed by atoms with Gasteiger partial charge in [-0.1, -0.05) is 6.92 Å². The third-order valence-electron chi connectivity index (χ3n) is 1.70. The van der Waals surface area contributed by atoms with Crippen LogP contribution in [0.5, 0.6) is 0 Å². The van der Waals surface area contributed by atoms with Gasteiger partial charge in [-0.05, 0) is 6.42 Å². The summed E-state index contributed by atoms with van der Waals surface area (Å²) in [5, 5.41) is 0. The third-order valence-corrected chi connectivity index (χ3v) is 1.70. The summed E-state index contributed by atoms with van der Waals surface area (Å²) >= 11 is 0. The smallest absolute Gasteiger partial charge is 0.221 e. The van der Waals surface area contributed by atoms with Crippen molar-refractivity contribution in [3.8, 4) is 0 Å². The van der Waals surface area contributed by atoms with Crippen LogP contribution in [0, 0.1) is 5.92 Å². The molecule has 1 saturated heterocycles. The molecule has 1 fully saturated rings. The molecule has 1 heterocycles. The Hall–Kier alpha value is -0.465. The first-order valence-corrected chi connectivity index (χ1v) is 2.97. The first kappa shape index (κ1) is 5.67. The number of hydrogen-bond acceptors (Lipinski definition) is 1. The van der Waals surface area contributed by atoms with Crippen LogP contribution < -0.4 is 0 Å². The molecule has 0 N–H and O–H groups in total. The van der Waals surface area contributed by atoms with Gasteiger partial charge in [0.05, 0.1) is 0 Å². The van der Waals surface area contributed by atoms with Crippen molar-refractivity contribution < 1.29 is 4.79 Å². The molecule has 0 radical (unpaired) electrons. The first-order chi connectivity index (χ1) is 3.72. The summed E-state index contributed by atoms with van der Waals surface area (Å²) < 4.78 is 0. The summed E-state index contributed by atoms with van der Waals surface area (Å²) in [4.78, 5) is 12.6. The third kappa shape index (κ3) is 0.724. The lowest BCUT2D eigenvalue weighted by Gasteiger charge is -2.05. The van der Waals surface area contributed by atoms with E-state index in [1.165, 1.54) is 0 Å². The van der Waals surface area contributed by atoms with E-state index in [4.69, 9.17) is 0 Å². The van der Waals surface area contributed by atoms with Crippen molar-refractivity contribution >= 4 is 13.9 Å². The highest BCUT2D eigenvalue weighted by Gasteiger charge is 2.23. The van der Waals surface area contributed by atoms with Gasteiger partial charge >= 0.3 is 0 Å². The lowest BCUT2D eigenvalue weighted by Crippen LogP contribution is -2.22. The largest absolute Gasteiger partial charge is 0.393 e. The number of amides is 1. The zero-order valence-electron chi connectivity index (χ0n) is 5.35. The number of nitrogens with zero attached hydrogens (tertiary/aromatic N) is 1. The van der Waals surface area contributed by atoms with Gasteiger partial charge in [0.2, 0.25) is 13.9 Å². The standard InChI is InChI=1S/C5H10BNO/c1-4-2-3-7(6)5(4)8/h4H,2-3,6H2,1H3. The molecule has 1 atom stereocenters. The minimum absolute atomic E-state index is 0.278. The van der Waals surface area contributed by atoms with Crippen molar-refractivity contribution in [1.82, 2.24) is 4.81 Å². The second-order valence-electron chi connectivity index (χ2n) is 2.45. The van der Waals surface area contributed by atoms with Gasteiger partial charge in [-0.3, -0.25) is 4.79 Å². The molecular formula is C5H10BNO. The van der Waals surface area contributed by atoms with E-state index in [-0.39, 0.29) is 5.92 Å². The van der Waals surface area contributed by atoms with E-state index in [1.54, 1.807) is 4.81 Å². The maximum atomic E-state index is 10.8. The van der Waals surface area contributed by atoms with Gasteiger partial charge < -0.3 is 4.81 Å². The SMILES string of the molecule is BN1CCC(C)C1=O. The monoisotopic (exact) mass is 111 g/mol. The maximum Gasteiger partial charge on any atom is 0.221 e. The highest BCUT2D eigenvalue weighted by Crippen LogP contribution is 2.13. The molecule has 1 aliphatic heterocycles. The second-order valence-corrected chi connectivity index (χ2v) is 2.45. The Balaban J connectivity index is 2.57. The number of carbonyl (C=O) groups excluding carboxylic acids is 1. The molecule has 0 aliphatic carbocycles. The van der Waals surface area contributed by atoms with E-state index in [1.807, 2.05) is 14.9 Å². The highest BCUT2D eigenvalue weighted by molar-refractivity contribution is 6.15. The molecule has 1 amide bonds. The first-order valence-electron chi connectivity index (χ1n) is 2.97. The van der Waals surface area contributed by atoms with Crippen molar-refractivity contribution in [2.45, 2.75) is 13.3 Å². The van der Waals surface area contributed by atoms with E-state index < -0.39 is 0 Å². The van der Waals surface area contributed by atoms with Gasteiger partial charge in [0.1, 0.15) is 0 Å². The molecule has 0 bridgehead atoms. The Morgan fingerprint density at radius 3 is 2.62 bits per heavy atom. The van der Waals surface area contributed by atoms with Crippen LogP contribution in [0.4, 0.5) is 0 Å². The minimum atomic E-state index is 0.278. The Labute approximate surface area is 50.3 Å². The summed E-state index contributed by atoms with van der Waals surface area (Å²) in [7, 11) is 1.85. The molecule has 1 aliphatic rings. The summed E-state index contributed by atoms with van der Waals surface area (Å²) in [6.07, 6.45) is 1.04. The zero-order chi connectivity index (χ0) is 6.15. The predicted octanol–water partition coefficient (Wildman–Crippen LogP) is -0.597. The number of carbonyl (C=O) groups is 1. The van der Waals surface area contributed by atoms with Gasteiger partial charge in [0.25, 0.3) is 0 Å². The molecule has 44 valence electrons. The number of rotatable bonds is 0. The average Bonchev–Trinajstić information content (AvgIpc) is 1.98. The minimum Gasteiger partial charge on any atom is -0.393 e. The Morgan fingerprint density at radius 1 is 1.88 bits per heavy atom. The average molecular weight is 111 g/mol. The molecule has 2 nitrogen and oxygen atoms in total. The van der Waals surface area contributed by atoms with Crippen LogP contribution in [-0.4, -0.2) is 25.2 Å². The molecule has 0 aromatic heterocycles. The molecule has 1 unspecified atom stereocenters. The van der Waals surface area contributed by atoms with E-state index in [9.17, 15) is 4.79 Å². The van der Waals surface area contributed by atoms with E-state index in [2.05, 4.69) is 0 Å². The van der Waals surface area contributed by atoms with Crippen molar-refractivity contribution in [2.75, 3.05) is 6.54 Å². The van der Waals surface area contributed by atoms with Crippen LogP contribution in [0.25, 0.3) is 0 Å². The molecule has 0 saturated carbocycles. The fourth-order valence-electron chi connectivity index (χ4n) is 0.997. The summed E-state index contributed by atoms with van der Waals surface area (Å²) in [5.41, 5.74) is 0. The van der Waals surface area contributed by atoms with Gasteiger partial charge in [0, 0.05) is 12.5 Å². The van der Waals surface area contributed by atoms with Crippen molar-refractivity contribution in [3.05, 3.63) is 0 Å². The highest BCUT2D eigenvalue weighted by atomic mass is 16.2. The van der Waals surface area contributed by atoms with Gasteiger partial charge in [0.15, 0.2) is 0 Å². The molecule has 0 aromatic rings. The van der Waals surface area contributed by atoms with Crippen LogP contribution in [0.3, 0.4) is 0 Å². The lowest BCUT2D eigenvalue weighted by molar-refractivity contribution is -0.126. The fourth-order valence-corrected chi connectivity index (χ4v) is 0.997. The summed E-state index contributed by atoms with van der Waals surface area (Å²) in [6, 6.07) is 0. The molecule has 3 heteroatoms. The van der Waals surface area contributed by atoms with Crippen molar-refractivity contribution in [1.29, 1.82) is 0 Å². The molecule has 0 spiro atoms. The van der Waals surface area contributed by atoms with Crippen molar-refractivity contribution in [3.63, 3.8) is 0 Å². The van der Waals surface area contributed by atoms with Gasteiger partial charge in [-0.2, -0.15) is 0 Å². The van der Waals surface area contributed by atoms with E-state index in [0.29, 0.717) is 5.91 Å². The van der Waals surface area contributed by atoms with E-state index in [0.717, 1.165) is 13.0 Å². The second kappa shape index (κ2) is 1.80. The molecule has 0 aromatic carbocycles. The summed E-state index contributed by atoms with van der Waals surface area (Å²) in [5.74, 6) is 0.574. The zero-order valence-corrected chi connectivity index (χ0v) is 5.35. The fraction of sp³-hybridized carbons (Fsp3) is 0.800. The van der Waals surface area contributed by atoms with Crippen LogP contribution >= 0.6 is 0 Å². The topological polar surface area (TPSA) is 20.3 Å². The van der Waals surface area contributed by atoms with Crippen LogP contribution in [0.2, 0.25) is 0 Å². The van der Waals surface area contributed by atoms with E-state index >= 15 is 0 Å². The van der Waals surface area contributed by atoms with Crippen LogP contribution in [0.15, 0.2) is 0 Å². The van der Waals surface area contributed by atoms with Gasteiger partial charge in [-0.25, -0.2) is 0 Å². The number of hydrogen-bond donors (Lipinski definition) is 0. The lowest BCUT2D eigenvalue weighted by atomic mass is 10.1. The van der Waals surface area contributed by atoms with Crippen LogP contribution in [-0.2, 0) is 4.79 Å². The Morgan fingerprint density at radius 2 is 2.50 bits per heavy atom. The Kier molecular flexibility index (Phi) is 1.28. The van der Waals surface area contributed by atoms with Crippen LogP contribution in [0.1, 0.15) is 13.3 Å². The van der Waals surface area contributed by atoms with Crippen molar-refractivity contribution in [2.24, 2.45) is 5.92 Å². The molecule has 1 rings (SSSR count). The molecule has 8 heavy (non-hydrogen) atoms. The summed E-state index contributed by atoms with van der Waals surface area (Å²) in [6.45, 7) is 2.92. The maximum absolute atomic E-state index is 10.8.